The van der Waals surface area contributed by atoms with E-state index >= 15 is 0 Å². The van der Waals surface area contributed by atoms with Crippen LogP contribution in [0.2, 0.25) is 0 Å². The smallest absolute Gasteiger partial charge is 0.231 e. The van der Waals surface area contributed by atoms with Crippen LogP contribution in [0, 0.1) is 19.8 Å². The second-order valence-corrected chi connectivity index (χ2v) is 7.48. The highest BCUT2D eigenvalue weighted by Crippen LogP contribution is 2.32. The number of benzene rings is 1. The van der Waals surface area contributed by atoms with E-state index in [-0.39, 0.29) is 11.8 Å². The molecule has 7 heteroatoms. The van der Waals surface area contributed by atoms with Gasteiger partial charge in [-0.25, -0.2) is 9.97 Å². The molecule has 152 valence electrons. The van der Waals surface area contributed by atoms with Crippen molar-refractivity contribution in [2.24, 2.45) is 5.92 Å². The molecule has 1 N–H and O–H groups in total. The molecule has 1 aromatic carbocycles. The van der Waals surface area contributed by atoms with Crippen LogP contribution in [-0.4, -0.2) is 36.1 Å². The van der Waals surface area contributed by atoms with Crippen molar-refractivity contribution in [2.75, 3.05) is 25.1 Å². The number of fused-ring (bicyclic) bond motifs is 1. The van der Waals surface area contributed by atoms with Crippen molar-refractivity contribution < 1.29 is 13.9 Å². The highest BCUT2D eigenvalue weighted by molar-refractivity contribution is 5.90. The Morgan fingerprint density at radius 3 is 2.97 bits per heavy atom. The van der Waals surface area contributed by atoms with E-state index in [1.54, 1.807) is 7.11 Å². The number of amides is 1. The van der Waals surface area contributed by atoms with Crippen molar-refractivity contribution >= 4 is 22.8 Å². The van der Waals surface area contributed by atoms with Crippen molar-refractivity contribution in [3.8, 4) is 5.75 Å². The van der Waals surface area contributed by atoms with Crippen molar-refractivity contribution in [1.82, 2.24) is 15.3 Å². The van der Waals surface area contributed by atoms with Crippen LogP contribution >= 0.6 is 0 Å². The lowest BCUT2D eigenvalue weighted by Gasteiger charge is -2.33. The van der Waals surface area contributed by atoms with Crippen LogP contribution in [-0.2, 0) is 11.3 Å². The molecule has 1 unspecified atom stereocenters. The number of hydrogen-bond donors (Lipinski definition) is 1. The number of rotatable bonds is 5. The number of aryl methyl sites for hydroxylation is 2. The minimum absolute atomic E-state index is 0.0611. The third kappa shape index (κ3) is 3.77. The highest BCUT2D eigenvalue weighted by atomic mass is 16.5. The molecule has 3 heterocycles. The molecule has 1 aliphatic heterocycles. The molecule has 0 spiro atoms. The standard InChI is InChI=1S/C22H26N4O3/c1-14-15(2)29-22-19(14)20(24-13-25-22)26-10-6-8-17(12-26)21(27)23-11-16-7-4-5-9-18(16)28-3/h4-5,7,9,13,17H,6,8,10-12H2,1-3H3,(H,23,27). The lowest BCUT2D eigenvalue weighted by atomic mass is 9.96. The van der Waals surface area contributed by atoms with Gasteiger partial charge >= 0.3 is 0 Å². The summed E-state index contributed by atoms with van der Waals surface area (Å²) in [4.78, 5) is 23.8. The molecule has 1 amide bonds. The van der Waals surface area contributed by atoms with Gasteiger partial charge in [0, 0.05) is 30.8 Å². The number of carbonyl (C=O) groups excluding carboxylic acids is 1. The molecule has 1 saturated heterocycles. The first-order valence-corrected chi connectivity index (χ1v) is 9.93. The van der Waals surface area contributed by atoms with Crippen LogP contribution < -0.4 is 15.0 Å². The largest absolute Gasteiger partial charge is 0.496 e. The molecular weight excluding hydrogens is 368 g/mol. The Bertz CT molecular complexity index is 1030. The Morgan fingerprint density at radius 1 is 1.31 bits per heavy atom. The van der Waals surface area contributed by atoms with Crippen LogP contribution in [0.3, 0.4) is 0 Å². The van der Waals surface area contributed by atoms with Gasteiger partial charge in [-0.15, -0.1) is 0 Å². The summed E-state index contributed by atoms with van der Waals surface area (Å²) in [5, 5.41) is 4.02. The maximum Gasteiger partial charge on any atom is 0.231 e. The van der Waals surface area contributed by atoms with E-state index in [4.69, 9.17) is 9.15 Å². The van der Waals surface area contributed by atoms with E-state index in [1.165, 1.54) is 6.33 Å². The molecule has 2 aromatic heterocycles. The lowest BCUT2D eigenvalue weighted by Crippen LogP contribution is -2.43. The molecule has 7 nitrogen and oxygen atoms in total. The predicted molar refractivity (Wildman–Crippen MR) is 111 cm³/mol. The average molecular weight is 394 g/mol. The number of ether oxygens (including phenoxy) is 1. The van der Waals surface area contributed by atoms with Crippen molar-refractivity contribution in [1.29, 1.82) is 0 Å². The Labute approximate surface area is 170 Å². The topological polar surface area (TPSA) is 80.5 Å². The first-order chi connectivity index (χ1) is 14.1. The third-order valence-electron chi connectivity index (χ3n) is 5.68. The molecule has 29 heavy (non-hydrogen) atoms. The van der Waals surface area contributed by atoms with E-state index < -0.39 is 0 Å². The third-order valence-corrected chi connectivity index (χ3v) is 5.68. The molecular formula is C22H26N4O3. The molecule has 0 aliphatic carbocycles. The van der Waals surface area contributed by atoms with Crippen LogP contribution in [0.4, 0.5) is 5.82 Å². The second-order valence-electron chi connectivity index (χ2n) is 7.48. The fourth-order valence-corrected chi connectivity index (χ4v) is 3.96. The van der Waals surface area contributed by atoms with Crippen molar-refractivity contribution in [3.63, 3.8) is 0 Å². The van der Waals surface area contributed by atoms with Gasteiger partial charge in [-0.3, -0.25) is 4.79 Å². The summed E-state index contributed by atoms with van der Waals surface area (Å²) in [6.07, 6.45) is 3.34. The van der Waals surface area contributed by atoms with Gasteiger partial charge in [-0.05, 0) is 32.8 Å². The highest BCUT2D eigenvalue weighted by Gasteiger charge is 2.28. The van der Waals surface area contributed by atoms with E-state index in [0.717, 1.165) is 53.2 Å². The monoisotopic (exact) mass is 394 g/mol. The number of para-hydroxylation sites is 1. The van der Waals surface area contributed by atoms with Gasteiger partial charge in [-0.1, -0.05) is 18.2 Å². The molecule has 4 rings (SSSR count). The van der Waals surface area contributed by atoms with Crippen LogP contribution in [0.5, 0.6) is 5.75 Å². The van der Waals surface area contributed by atoms with Crippen molar-refractivity contribution in [3.05, 3.63) is 47.5 Å². The number of carbonyl (C=O) groups is 1. The molecule has 0 saturated carbocycles. The Kier molecular flexibility index (Phi) is 5.38. The fourth-order valence-electron chi connectivity index (χ4n) is 3.96. The van der Waals surface area contributed by atoms with Gasteiger partial charge in [-0.2, -0.15) is 0 Å². The number of hydrogen-bond acceptors (Lipinski definition) is 6. The summed E-state index contributed by atoms with van der Waals surface area (Å²) in [5.74, 6) is 2.46. The number of piperidine rings is 1. The van der Waals surface area contributed by atoms with E-state index in [9.17, 15) is 4.79 Å². The second kappa shape index (κ2) is 8.11. The summed E-state index contributed by atoms with van der Waals surface area (Å²) < 4.78 is 11.1. The number of nitrogens with one attached hydrogen (secondary N) is 1. The van der Waals surface area contributed by atoms with Crippen molar-refractivity contribution in [2.45, 2.75) is 33.2 Å². The maximum atomic E-state index is 12.9. The molecule has 3 aromatic rings. The Hall–Kier alpha value is -3.09. The average Bonchev–Trinajstić information content (AvgIpc) is 3.06. The summed E-state index contributed by atoms with van der Waals surface area (Å²) >= 11 is 0. The minimum atomic E-state index is -0.0863. The van der Waals surface area contributed by atoms with Crippen LogP contribution in [0.1, 0.15) is 29.7 Å². The summed E-state index contributed by atoms with van der Waals surface area (Å²) in [7, 11) is 1.64. The van der Waals surface area contributed by atoms with Gasteiger partial charge in [0.15, 0.2) is 0 Å². The molecule has 1 aliphatic rings. The predicted octanol–water partition coefficient (Wildman–Crippen LogP) is 3.38. The molecule has 1 atom stereocenters. The van der Waals surface area contributed by atoms with Gasteiger partial charge in [0.05, 0.1) is 18.4 Å². The van der Waals surface area contributed by atoms with Crippen LogP contribution in [0.25, 0.3) is 11.1 Å². The Morgan fingerprint density at radius 2 is 2.14 bits per heavy atom. The SMILES string of the molecule is COc1ccccc1CNC(=O)C1CCCN(c2ncnc3oc(C)c(C)c23)C1. The van der Waals surface area contributed by atoms with E-state index in [1.807, 2.05) is 38.1 Å². The number of aromatic nitrogens is 2. The first-order valence-electron chi connectivity index (χ1n) is 9.93. The van der Waals surface area contributed by atoms with Gasteiger partial charge < -0.3 is 19.4 Å². The zero-order chi connectivity index (χ0) is 20.4. The minimum Gasteiger partial charge on any atom is -0.496 e. The van der Waals surface area contributed by atoms with E-state index in [2.05, 4.69) is 20.2 Å². The molecule has 0 radical (unpaired) electrons. The van der Waals surface area contributed by atoms with Crippen LogP contribution in [0.15, 0.2) is 35.0 Å². The quantitative estimate of drug-likeness (QED) is 0.715. The summed E-state index contributed by atoms with van der Waals surface area (Å²) in [5.41, 5.74) is 2.63. The number of furan rings is 1. The summed E-state index contributed by atoms with van der Waals surface area (Å²) in [6.45, 7) is 5.91. The zero-order valence-electron chi connectivity index (χ0n) is 17.1. The molecule has 0 bridgehead atoms. The van der Waals surface area contributed by atoms with Gasteiger partial charge in [0.1, 0.15) is 23.7 Å². The fraction of sp³-hybridized carbons (Fsp3) is 0.409. The maximum absolute atomic E-state index is 12.9. The Balaban J connectivity index is 1.48. The zero-order valence-corrected chi connectivity index (χ0v) is 17.1. The number of methoxy groups -OCH3 is 1. The number of anilines is 1. The summed E-state index contributed by atoms with van der Waals surface area (Å²) in [6, 6.07) is 7.74. The normalized spacial score (nSPS) is 16.8. The van der Waals surface area contributed by atoms with E-state index in [0.29, 0.717) is 18.8 Å². The van der Waals surface area contributed by atoms with Gasteiger partial charge in [0.2, 0.25) is 11.6 Å². The van der Waals surface area contributed by atoms with Gasteiger partial charge in [0.25, 0.3) is 0 Å². The first kappa shape index (κ1) is 19.2. The lowest BCUT2D eigenvalue weighted by molar-refractivity contribution is -0.125. The molecule has 1 fully saturated rings. The number of nitrogens with zero attached hydrogens (tertiary/aromatic N) is 3.